The van der Waals surface area contributed by atoms with Gasteiger partial charge >= 0.3 is 0 Å². The summed E-state index contributed by atoms with van der Waals surface area (Å²) in [7, 11) is 3.06. The van der Waals surface area contributed by atoms with Gasteiger partial charge in [0, 0.05) is 56.3 Å². The van der Waals surface area contributed by atoms with Crippen LogP contribution < -0.4 is 20.3 Å². The molecular formula is C28H36N8O2. The number of aromatic nitrogens is 4. The molecule has 0 fully saturated rings. The van der Waals surface area contributed by atoms with Gasteiger partial charge in [-0.05, 0) is 45.5 Å². The molecule has 1 amide bonds. The summed E-state index contributed by atoms with van der Waals surface area (Å²) in [6.45, 7) is 5.83. The molecule has 38 heavy (non-hydrogen) atoms. The maximum Gasteiger partial charge on any atom is 0.248 e. The number of benzene rings is 1. The number of aryl methyl sites for hydroxylation is 1. The zero-order chi connectivity index (χ0) is 29.6. The molecule has 0 saturated heterocycles. The molecule has 10 nitrogen and oxygen atoms in total. The van der Waals surface area contributed by atoms with Gasteiger partial charge in [0.05, 0.1) is 40.1 Å². The van der Waals surface area contributed by atoms with Crippen molar-refractivity contribution in [1.29, 1.82) is 0 Å². The number of hydrogen-bond donors (Lipinski definition) is 2. The third kappa shape index (κ3) is 6.38. The highest BCUT2D eigenvalue weighted by Gasteiger charge is 2.19. The first kappa shape index (κ1) is 23.0. The number of carbonyl (C=O) groups excluding carboxylic acids is 1. The molecule has 0 spiro atoms. The molecule has 0 unspecified atom stereocenters. The average molecular weight is 520 g/mol. The highest BCUT2D eigenvalue weighted by molar-refractivity contribution is 6.02. The Kier molecular flexibility index (Phi) is 7.48. The maximum absolute atomic E-state index is 12.6. The normalized spacial score (nSPS) is 14.4. The van der Waals surface area contributed by atoms with E-state index < -0.39 is 7.04 Å². The predicted octanol–water partition coefficient (Wildman–Crippen LogP) is 4.11. The lowest BCUT2D eigenvalue weighted by molar-refractivity contribution is -0.111. The fraction of sp³-hybridized carbons (Fsp3) is 0.357. The van der Waals surface area contributed by atoms with Crippen LogP contribution in [-0.4, -0.2) is 71.8 Å². The second-order valence-electron chi connectivity index (χ2n) is 9.35. The van der Waals surface area contributed by atoms with Crippen LogP contribution in [-0.2, 0) is 17.8 Å². The lowest BCUT2D eigenvalue weighted by atomic mass is 10.0. The van der Waals surface area contributed by atoms with E-state index in [4.69, 9.17) is 13.8 Å². The van der Waals surface area contributed by atoms with E-state index in [0.717, 1.165) is 43.6 Å². The number of rotatable bonds is 11. The second-order valence-corrected chi connectivity index (χ2v) is 9.35. The van der Waals surface area contributed by atoms with E-state index in [9.17, 15) is 4.79 Å². The van der Waals surface area contributed by atoms with E-state index in [0.29, 0.717) is 23.6 Å². The predicted molar refractivity (Wildman–Crippen MR) is 152 cm³/mol. The zero-order valence-electron chi connectivity index (χ0n) is 25.1. The van der Waals surface area contributed by atoms with E-state index in [-0.39, 0.29) is 23.3 Å². The Morgan fingerprint density at radius 2 is 2.13 bits per heavy atom. The summed E-state index contributed by atoms with van der Waals surface area (Å²) in [4.78, 5) is 25.6. The number of nitrogens with one attached hydrogen (secondary N) is 2. The Morgan fingerprint density at radius 3 is 2.92 bits per heavy atom. The molecular weight excluding hydrogens is 480 g/mol. The summed E-state index contributed by atoms with van der Waals surface area (Å²) in [6.07, 6.45) is 11.0. The molecule has 200 valence electrons. The van der Waals surface area contributed by atoms with Crippen molar-refractivity contribution in [2.24, 2.45) is 0 Å². The number of likely N-dealkylation sites (N-methyl/N-ethyl adjacent to an activating group) is 2. The Morgan fingerprint density at radius 1 is 1.26 bits per heavy atom. The summed E-state index contributed by atoms with van der Waals surface area (Å²) >= 11 is 0. The number of allylic oxidation sites excluding steroid dienone is 2. The quantitative estimate of drug-likeness (QED) is 0.288. The summed E-state index contributed by atoms with van der Waals surface area (Å²) in [5.41, 5.74) is 4.09. The molecule has 3 aromatic rings. The number of amides is 1. The van der Waals surface area contributed by atoms with Gasteiger partial charge in [0.1, 0.15) is 5.75 Å². The molecule has 0 atom stereocenters. The molecule has 1 aromatic carbocycles. The first-order valence-electron chi connectivity index (χ1n) is 14.0. The van der Waals surface area contributed by atoms with Gasteiger partial charge in [-0.1, -0.05) is 18.7 Å². The van der Waals surface area contributed by atoms with Crippen LogP contribution in [0.3, 0.4) is 0 Å². The molecule has 2 aromatic heterocycles. The fourth-order valence-electron chi connectivity index (χ4n) is 4.29. The molecule has 1 aliphatic rings. The van der Waals surface area contributed by atoms with Gasteiger partial charge < -0.3 is 25.2 Å². The van der Waals surface area contributed by atoms with Crippen LogP contribution in [0.2, 0.25) is 0 Å². The maximum atomic E-state index is 12.6. The van der Waals surface area contributed by atoms with Crippen molar-refractivity contribution >= 4 is 28.9 Å². The Balaban J connectivity index is 1.74. The van der Waals surface area contributed by atoms with Gasteiger partial charge in [0.2, 0.25) is 11.9 Å². The summed E-state index contributed by atoms with van der Waals surface area (Å²) in [5.74, 6) is -0.0636. The highest BCUT2D eigenvalue weighted by atomic mass is 16.5. The number of carbonyl (C=O) groups is 1. The molecule has 10 heteroatoms. The number of fused-ring (bicyclic) bond motifs is 1. The van der Waals surface area contributed by atoms with Crippen LogP contribution in [0, 0.1) is 0 Å². The largest absolute Gasteiger partial charge is 0.494 e. The van der Waals surface area contributed by atoms with Crippen molar-refractivity contribution in [3.63, 3.8) is 0 Å². The minimum atomic E-state index is -2.71. The van der Waals surface area contributed by atoms with Gasteiger partial charge in [0.25, 0.3) is 0 Å². The van der Waals surface area contributed by atoms with Crippen molar-refractivity contribution in [2.45, 2.75) is 25.8 Å². The fourth-order valence-corrected chi connectivity index (χ4v) is 4.29. The van der Waals surface area contributed by atoms with Crippen molar-refractivity contribution in [3.8, 4) is 17.0 Å². The van der Waals surface area contributed by atoms with E-state index in [1.54, 1.807) is 18.3 Å². The molecule has 2 N–H and O–H groups in total. The molecule has 0 saturated carbocycles. The Bertz CT molecular complexity index is 1420. The van der Waals surface area contributed by atoms with E-state index >= 15 is 0 Å². The van der Waals surface area contributed by atoms with E-state index in [2.05, 4.69) is 27.3 Å². The van der Waals surface area contributed by atoms with Crippen LogP contribution in [0.1, 0.15) is 22.6 Å². The standard InChI is InChI=1S/C28H36N8O2/c1-6-7-11-27(37)31-22-17-23(26(38-5)18-25(22)35(4)16-15-34(2)3)33-28-29-13-12-21(32-28)20-19-30-36-14-9-8-10-24(20)36/h6-7,11-13,17-19H,1,8-10,14-16H2,2-5H3,(H,31,37)(H,29,32,33)/b11-7+/i5D3. The third-order valence-corrected chi connectivity index (χ3v) is 6.30. The average Bonchev–Trinajstić information content (AvgIpc) is 3.35. The van der Waals surface area contributed by atoms with Gasteiger partial charge in [0.15, 0.2) is 0 Å². The van der Waals surface area contributed by atoms with Gasteiger partial charge in [-0.25, -0.2) is 9.97 Å². The first-order valence-corrected chi connectivity index (χ1v) is 12.5. The topological polar surface area (TPSA) is 100 Å². The number of methoxy groups -OCH3 is 1. The summed E-state index contributed by atoms with van der Waals surface area (Å²) in [6, 6.07) is 5.03. The van der Waals surface area contributed by atoms with Crippen LogP contribution in [0.4, 0.5) is 23.0 Å². The van der Waals surface area contributed by atoms with E-state index in [1.807, 2.05) is 47.9 Å². The van der Waals surface area contributed by atoms with Gasteiger partial charge in [-0.2, -0.15) is 5.10 Å². The molecule has 3 heterocycles. The van der Waals surface area contributed by atoms with Crippen molar-refractivity contribution < 1.29 is 13.6 Å². The Labute approximate surface area is 228 Å². The van der Waals surface area contributed by atoms with Crippen LogP contribution >= 0.6 is 0 Å². The van der Waals surface area contributed by atoms with Crippen molar-refractivity contribution in [2.75, 3.05) is 56.8 Å². The molecule has 0 bridgehead atoms. The number of hydrogen-bond acceptors (Lipinski definition) is 8. The highest BCUT2D eigenvalue weighted by Crippen LogP contribution is 2.38. The number of anilines is 4. The summed E-state index contributed by atoms with van der Waals surface area (Å²) in [5, 5.41) is 10.5. The van der Waals surface area contributed by atoms with Crippen LogP contribution in [0.15, 0.2) is 55.4 Å². The minimum Gasteiger partial charge on any atom is -0.494 e. The smallest absolute Gasteiger partial charge is 0.248 e. The third-order valence-electron chi connectivity index (χ3n) is 6.30. The number of ether oxygens (including phenoxy) is 1. The molecule has 0 radical (unpaired) electrons. The zero-order valence-corrected chi connectivity index (χ0v) is 22.1. The second kappa shape index (κ2) is 12.4. The lowest BCUT2D eigenvalue weighted by Gasteiger charge is -2.26. The van der Waals surface area contributed by atoms with E-state index in [1.165, 1.54) is 18.2 Å². The Hall–Kier alpha value is -4.18. The van der Waals surface area contributed by atoms with Gasteiger partial charge in [-0.15, -0.1) is 0 Å². The lowest BCUT2D eigenvalue weighted by Crippen LogP contribution is -2.29. The number of nitrogens with zero attached hydrogens (tertiary/aromatic N) is 6. The molecule has 0 aliphatic carbocycles. The van der Waals surface area contributed by atoms with Crippen molar-refractivity contribution in [3.05, 3.63) is 61.1 Å². The SMILES string of the molecule is [2H]C([2H])([2H])Oc1cc(N(C)CCN(C)C)c(NC(=O)/C=C/C=C)cc1Nc1nccc(-c2cnn3c2CCCC3)n1. The monoisotopic (exact) mass is 519 g/mol. The summed E-state index contributed by atoms with van der Waals surface area (Å²) < 4.78 is 30.7. The molecule has 4 rings (SSSR count). The van der Waals surface area contributed by atoms with Crippen LogP contribution in [0.5, 0.6) is 5.75 Å². The first-order chi connectivity index (χ1) is 19.5. The minimum absolute atomic E-state index is 0.0632. The van der Waals surface area contributed by atoms with Crippen LogP contribution in [0.25, 0.3) is 11.3 Å². The molecule has 1 aliphatic heterocycles. The van der Waals surface area contributed by atoms with Gasteiger partial charge in [-0.3, -0.25) is 9.48 Å². The van der Waals surface area contributed by atoms with Crippen molar-refractivity contribution in [1.82, 2.24) is 24.6 Å².